The van der Waals surface area contributed by atoms with Gasteiger partial charge in [-0.05, 0) is 111 Å². The fraction of sp³-hybridized carbons (Fsp3) is 0.426. The van der Waals surface area contributed by atoms with Crippen LogP contribution in [-0.2, 0) is 65.7 Å². The Morgan fingerprint density at radius 2 is 1.47 bits per heavy atom. The topological polar surface area (TPSA) is 289 Å². The van der Waals surface area contributed by atoms with Gasteiger partial charge in [-0.3, -0.25) is 48.5 Å². The molecule has 4 N–H and O–H groups in total. The molecule has 4 aromatic rings. The molecule has 4 aromatic carbocycles. The maximum Gasteiger partial charge on any atom is 0.342 e. The number of likely N-dealkylation sites (tertiary alicyclic amines) is 1. The van der Waals surface area contributed by atoms with Gasteiger partial charge >= 0.3 is 11.9 Å². The van der Waals surface area contributed by atoms with Crippen molar-refractivity contribution in [2.45, 2.75) is 122 Å². The largest absolute Gasteiger partial charge is 0.493 e. The van der Waals surface area contributed by atoms with Crippen molar-refractivity contribution in [3.8, 4) is 17.2 Å². The van der Waals surface area contributed by atoms with E-state index in [0.717, 1.165) is 5.56 Å². The number of imide groups is 2. The molecule has 83 heavy (non-hydrogen) atoms. The summed E-state index contributed by atoms with van der Waals surface area (Å²) in [5, 5.41) is 10.3. The lowest BCUT2D eigenvalue weighted by Crippen LogP contribution is -2.68. The van der Waals surface area contributed by atoms with E-state index in [4.69, 9.17) is 23.7 Å². The molecule has 2 saturated heterocycles. The number of nitrogens with zero attached hydrogens (tertiary/aromatic N) is 2. The average Bonchev–Trinajstić information content (AvgIpc) is 2.74. The Bertz CT molecular complexity index is 3130. The second kappa shape index (κ2) is 28.2. The van der Waals surface area contributed by atoms with Crippen molar-refractivity contribution in [1.29, 1.82) is 0 Å². The van der Waals surface area contributed by atoms with E-state index in [0.29, 0.717) is 84.6 Å². The number of benzene rings is 4. The lowest BCUT2D eigenvalue weighted by molar-refractivity contribution is -0.165. The Hall–Kier alpha value is -8.95. The van der Waals surface area contributed by atoms with Gasteiger partial charge in [0.2, 0.25) is 29.0 Å². The van der Waals surface area contributed by atoms with E-state index in [1.807, 2.05) is 19.1 Å². The second-order valence-corrected chi connectivity index (χ2v) is 21.0. The number of piperidine rings is 2. The molecule has 3 atom stereocenters. The van der Waals surface area contributed by atoms with E-state index < -0.39 is 95.2 Å². The number of rotatable bonds is 27. The molecule has 440 valence electrons. The van der Waals surface area contributed by atoms with Crippen LogP contribution in [-0.4, -0.2) is 127 Å². The van der Waals surface area contributed by atoms with Crippen molar-refractivity contribution in [1.82, 2.24) is 25.8 Å². The summed E-state index contributed by atoms with van der Waals surface area (Å²) < 4.78 is 28.3. The summed E-state index contributed by atoms with van der Waals surface area (Å²) in [7, 11) is 3.07. The van der Waals surface area contributed by atoms with Crippen LogP contribution in [0.3, 0.4) is 0 Å². The summed E-state index contributed by atoms with van der Waals surface area (Å²) in [6.07, 6.45) is 1.76. The number of aryl methyl sites for hydroxylation is 1. The van der Waals surface area contributed by atoms with E-state index >= 15 is 0 Å². The van der Waals surface area contributed by atoms with Gasteiger partial charge in [-0.15, -0.1) is 0 Å². The van der Waals surface area contributed by atoms with Gasteiger partial charge < -0.3 is 44.5 Å². The molecule has 22 nitrogen and oxygen atoms in total. The maximum absolute atomic E-state index is 14.1. The first kappa shape index (κ1) is 61.7. The summed E-state index contributed by atoms with van der Waals surface area (Å²) in [6.45, 7) is 5.08. The first-order valence-electron chi connectivity index (χ1n) is 27.7. The van der Waals surface area contributed by atoms with Gasteiger partial charge in [-0.1, -0.05) is 75.4 Å². The Balaban J connectivity index is 0.869. The summed E-state index contributed by atoms with van der Waals surface area (Å²) in [5.41, 5.74) is -1.45. The number of amides is 8. The number of esters is 2. The highest BCUT2D eigenvalue weighted by atomic mass is 16.5. The van der Waals surface area contributed by atoms with E-state index in [1.54, 1.807) is 74.5 Å². The molecule has 0 spiro atoms. The predicted octanol–water partition coefficient (Wildman–Crippen LogP) is 5.63. The summed E-state index contributed by atoms with van der Waals surface area (Å²) >= 11 is 0. The molecule has 0 bridgehead atoms. The Kier molecular flexibility index (Phi) is 20.9. The zero-order valence-electron chi connectivity index (χ0n) is 47.3. The van der Waals surface area contributed by atoms with E-state index in [1.165, 1.54) is 37.3 Å². The van der Waals surface area contributed by atoms with Crippen LogP contribution >= 0.6 is 0 Å². The molecule has 7 rings (SSSR count). The predicted molar refractivity (Wildman–Crippen MR) is 298 cm³/mol. The molecule has 2 fully saturated rings. The molecule has 0 radical (unpaired) electrons. The quantitative estimate of drug-likeness (QED) is 0.0185. The number of methoxy groups -OCH3 is 2. The zero-order chi connectivity index (χ0) is 59.8. The van der Waals surface area contributed by atoms with Crippen LogP contribution in [0, 0.1) is 5.41 Å². The maximum atomic E-state index is 14.1. The van der Waals surface area contributed by atoms with Crippen LogP contribution in [0.4, 0.5) is 5.69 Å². The van der Waals surface area contributed by atoms with Gasteiger partial charge in [0, 0.05) is 50.0 Å². The number of nitrogens with one attached hydrogen (secondary N) is 4. The number of unbranched alkanes of at least 4 members (excludes halogenated alkanes) is 1. The third-order valence-electron chi connectivity index (χ3n) is 15.0. The first-order valence-corrected chi connectivity index (χ1v) is 27.7. The SMILES string of the molecule is CCC(C)(C)C(=O)C(=O)N1CCCC[C@H]1C(=O)O[C@H](CCc1ccc(OC)c(OC)c1)c1cccc(NC(=O)CCC(=O)NCCCCNC(=O)COc2cccc3c2C(=O)N([C@]2(C(=O)OCc4ccccc4)CCC(=O)NC2=O)C3=O)c1. The van der Waals surface area contributed by atoms with Gasteiger partial charge in [-0.2, -0.15) is 0 Å². The smallest absolute Gasteiger partial charge is 0.342 e. The van der Waals surface area contributed by atoms with Gasteiger partial charge in [0.25, 0.3) is 29.5 Å². The minimum atomic E-state index is -2.50. The van der Waals surface area contributed by atoms with E-state index in [-0.39, 0.29) is 68.3 Å². The zero-order valence-corrected chi connectivity index (χ0v) is 47.3. The Morgan fingerprint density at radius 1 is 0.759 bits per heavy atom. The number of Topliss-reactive ketones (excluding diaryl/α,β-unsaturated/α-hetero) is 1. The van der Waals surface area contributed by atoms with Crippen molar-refractivity contribution < 1.29 is 76.4 Å². The number of carbonyl (C=O) groups excluding carboxylic acids is 11. The average molecular weight is 1140 g/mol. The molecule has 22 heteroatoms. The molecule has 3 aliphatic rings. The van der Waals surface area contributed by atoms with Crippen LogP contribution < -0.4 is 35.5 Å². The van der Waals surface area contributed by atoms with Gasteiger partial charge in [0.15, 0.2) is 18.1 Å². The van der Waals surface area contributed by atoms with Crippen LogP contribution in [0.5, 0.6) is 17.2 Å². The number of anilines is 1. The lowest BCUT2D eigenvalue weighted by atomic mass is 9.84. The number of ketones is 1. The number of carbonyl (C=O) groups is 11. The fourth-order valence-corrected chi connectivity index (χ4v) is 9.87. The molecular weight excluding hydrogens is 1070 g/mol. The molecule has 8 amide bonds. The van der Waals surface area contributed by atoms with E-state index in [9.17, 15) is 52.7 Å². The van der Waals surface area contributed by atoms with Crippen LogP contribution in [0.2, 0.25) is 0 Å². The van der Waals surface area contributed by atoms with Crippen molar-refractivity contribution in [2.75, 3.05) is 45.8 Å². The highest BCUT2D eigenvalue weighted by Crippen LogP contribution is 2.40. The fourth-order valence-electron chi connectivity index (χ4n) is 9.87. The van der Waals surface area contributed by atoms with Crippen molar-refractivity contribution in [3.05, 3.63) is 119 Å². The van der Waals surface area contributed by atoms with Crippen LogP contribution in [0.1, 0.15) is 135 Å². The summed E-state index contributed by atoms with van der Waals surface area (Å²) in [6, 6.07) is 24.0. The lowest BCUT2D eigenvalue weighted by Gasteiger charge is -2.38. The van der Waals surface area contributed by atoms with E-state index in [2.05, 4.69) is 21.3 Å². The highest BCUT2D eigenvalue weighted by molar-refractivity contribution is 6.38. The minimum absolute atomic E-state index is 0.124. The third kappa shape index (κ3) is 15.0. The molecule has 3 aliphatic heterocycles. The normalized spacial score (nSPS) is 17.1. The van der Waals surface area contributed by atoms with Crippen molar-refractivity contribution in [2.24, 2.45) is 5.41 Å². The second-order valence-electron chi connectivity index (χ2n) is 21.0. The van der Waals surface area contributed by atoms with Crippen LogP contribution in [0.25, 0.3) is 0 Å². The molecule has 0 saturated carbocycles. The minimum Gasteiger partial charge on any atom is -0.493 e. The van der Waals surface area contributed by atoms with Crippen molar-refractivity contribution in [3.63, 3.8) is 0 Å². The Labute approximate surface area is 480 Å². The standard InChI is InChI=1S/C61H70N6O16/c1-6-60(2,3)53(72)56(75)66-33-13-10-21-43(66)57(76)83-44(25-23-38-24-26-45(79-4)47(34-38)80-5)40-18-14-19-41(35-40)64-49(69)28-27-48(68)62-31-11-12-32-63-51(71)37-81-46-22-15-20-42-52(46)55(74)67(54(42)73)61(30-29-50(70)65-58(61)77)59(78)82-36-39-16-8-7-9-17-39/h7-9,14-20,22,24,26,34-35,43-44H,6,10-13,21,23,25,27-33,36-37H2,1-5H3,(H,62,68)(H,63,71)(H,64,69)(H,65,70,77)/t43-,44+,61+/m0/s1. The number of hydrogen-bond acceptors (Lipinski definition) is 16. The monoisotopic (exact) mass is 1140 g/mol. The molecule has 0 unspecified atom stereocenters. The van der Waals surface area contributed by atoms with Crippen LogP contribution in [0.15, 0.2) is 91.0 Å². The highest BCUT2D eigenvalue weighted by Gasteiger charge is 2.62. The number of hydrogen-bond donors (Lipinski definition) is 4. The van der Waals surface area contributed by atoms with Gasteiger partial charge in [-0.25, -0.2) is 14.5 Å². The number of fused-ring (bicyclic) bond motifs is 1. The molecular formula is C61H70N6O16. The third-order valence-corrected chi connectivity index (χ3v) is 15.0. The number of ether oxygens (including phenoxy) is 5. The van der Waals surface area contributed by atoms with Gasteiger partial charge in [0.05, 0.1) is 25.3 Å². The molecule has 3 heterocycles. The van der Waals surface area contributed by atoms with Gasteiger partial charge in [0.1, 0.15) is 24.5 Å². The molecule has 0 aromatic heterocycles. The Morgan fingerprint density at radius 3 is 2.18 bits per heavy atom. The molecule has 0 aliphatic carbocycles. The summed E-state index contributed by atoms with van der Waals surface area (Å²) in [5.74, 6) is -7.50. The van der Waals surface area contributed by atoms with Crippen molar-refractivity contribution >= 4 is 70.7 Å². The summed E-state index contributed by atoms with van der Waals surface area (Å²) in [4.78, 5) is 149. The first-order chi connectivity index (χ1) is 39.8.